The summed E-state index contributed by atoms with van der Waals surface area (Å²) in [6.45, 7) is 1.94. The van der Waals surface area contributed by atoms with E-state index in [0.29, 0.717) is 6.42 Å². The molecule has 0 aliphatic carbocycles. The van der Waals surface area contributed by atoms with Gasteiger partial charge in [-0.15, -0.1) is 0 Å². The van der Waals surface area contributed by atoms with Crippen molar-refractivity contribution in [2.24, 2.45) is 0 Å². The highest BCUT2D eigenvalue weighted by molar-refractivity contribution is 5.97. The zero-order chi connectivity index (χ0) is 14.0. The number of pyridine rings is 1. The highest BCUT2D eigenvalue weighted by Gasteiger charge is 2.16. The van der Waals surface area contributed by atoms with Crippen LogP contribution in [-0.4, -0.2) is 26.2 Å². The second-order valence-electron chi connectivity index (χ2n) is 4.61. The molecule has 0 amide bonds. The van der Waals surface area contributed by atoms with Crippen LogP contribution in [0.4, 0.5) is 5.69 Å². The van der Waals surface area contributed by atoms with Gasteiger partial charge in [-0.1, -0.05) is 12.1 Å². The Labute approximate surface area is 113 Å². The normalized spacial score (nSPS) is 10.3. The van der Waals surface area contributed by atoms with Gasteiger partial charge in [-0.25, -0.2) is 4.98 Å². The molecule has 98 valence electrons. The van der Waals surface area contributed by atoms with E-state index >= 15 is 0 Å². The number of fused-ring (bicyclic) bond motifs is 1. The van der Waals surface area contributed by atoms with E-state index in [9.17, 15) is 0 Å². The topological polar surface area (TPSA) is 49.1 Å². The number of aromatic nitrogens is 1. The van der Waals surface area contributed by atoms with Gasteiger partial charge in [0.25, 0.3) is 0 Å². The third-order valence-electron chi connectivity index (χ3n) is 3.18. The fraction of sp³-hybridized carbons (Fsp3) is 0.333. The molecule has 2 aromatic rings. The molecule has 0 atom stereocenters. The van der Waals surface area contributed by atoms with Crippen LogP contribution in [0, 0.1) is 18.3 Å². The van der Waals surface area contributed by atoms with Crippen LogP contribution in [-0.2, 0) is 6.42 Å². The highest BCUT2D eigenvalue weighted by Crippen LogP contribution is 2.34. The van der Waals surface area contributed by atoms with Crippen molar-refractivity contribution in [2.45, 2.75) is 13.3 Å². The fourth-order valence-corrected chi connectivity index (χ4v) is 2.36. The number of anilines is 1. The summed E-state index contributed by atoms with van der Waals surface area (Å²) in [4.78, 5) is 6.64. The van der Waals surface area contributed by atoms with Gasteiger partial charge in [0.05, 0.1) is 25.3 Å². The number of ether oxygens (including phenoxy) is 1. The third-order valence-corrected chi connectivity index (χ3v) is 3.18. The van der Waals surface area contributed by atoms with E-state index in [0.717, 1.165) is 33.6 Å². The molecule has 2 rings (SSSR count). The predicted molar refractivity (Wildman–Crippen MR) is 76.7 cm³/mol. The minimum absolute atomic E-state index is 0.361. The second-order valence-corrected chi connectivity index (χ2v) is 4.61. The molecular formula is C15H17N3O. The Morgan fingerprint density at radius 2 is 2.11 bits per heavy atom. The number of nitrogens with zero attached hydrogens (tertiary/aromatic N) is 3. The van der Waals surface area contributed by atoms with Gasteiger partial charge in [-0.05, 0) is 13.0 Å². The van der Waals surface area contributed by atoms with Crippen LogP contribution in [0.2, 0.25) is 0 Å². The van der Waals surface area contributed by atoms with Crippen LogP contribution < -0.4 is 9.64 Å². The molecule has 0 aliphatic rings. The molecule has 0 fully saturated rings. The quantitative estimate of drug-likeness (QED) is 0.846. The van der Waals surface area contributed by atoms with Crippen molar-refractivity contribution in [3.8, 4) is 11.8 Å². The van der Waals surface area contributed by atoms with Crippen molar-refractivity contribution in [3.63, 3.8) is 0 Å². The summed E-state index contributed by atoms with van der Waals surface area (Å²) in [5, 5.41) is 10.0. The largest absolute Gasteiger partial charge is 0.494 e. The van der Waals surface area contributed by atoms with Gasteiger partial charge in [-0.3, -0.25) is 0 Å². The first-order valence-corrected chi connectivity index (χ1v) is 6.10. The Bertz CT molecular complexity index is 656. The number of aryl methyl sites for hydroxylation is 1. The molecule has 0 N–H and O–H groups in total. The first kappa shape index (κ1) is 13.2. The summed E-state index contributed by atoms with van der Waals surface area (Å²) in [7, 11) is 5.60. The maximum Gasteiger partial charge on any atom is 0.145 e. The minimum atomic E-state index is 0.361. The van der Waals surface area contributed by atoms with Gasteiger partial charge in [0.1, 0.15) is 11.3 Å². The third kappa shape index (κ3) is 2.19. The zero-order valence-corrected chi connectivity index (χ0v) is 11.7. The van der Waals surface area contributed by atoms with Crippen molar-refractivity contribution in [1.29, 1.82) is 5.26 Å². The first-order valence-electron chi connectivity index (χ1n) is 6.10. The SMILES string of the molecule is COc1cccc2c(N(C)C)c(CC#N)c(C)nc12. The summed E-state index contributed by atoms with van der Waals surface area (Å²) >= 11 is 0. The Morgan fingerprint density at radius 3 is 2.68 bits per heavy atom. The molecular weight excluding hydrogens is 238 g/mol. The number of nitriles is 1. The van der Waals surface area contributed by atoms with Gasteiger partial charge >= 0.3 is 0 Å². The van der Waals surface area contributed by atoms with Crippen molar-refractivity contribution < 1.29 is 4.74 Å². The Hall–Kier alpha value is -2.28. The van der Waals surface area contributed by atoms with E-state index in [4.69, 9.17) is 10.00 Å². The number of methoxy groups -OCH3 is 1. The van der Waals surface area contributed by atoms with E-state index in [1.807, 2.05) is 44.1 Å². The maximum absolute atomic E-state index is 9.00. The summed E-state index contributed by atoms with van der Waals surface area (Å²) in [6, 6.07) is 8.08. The molecule has 0 radical (unpaired) electrons. The van der Waals surface area contributed by atoms with Crippen LogP contribution in [0.1, 0.15) is 11.3 Å². The highest BCUT2D eigenvalue weighted by atomic mass is 16.5. The van der Waals surface area contributed by atoms with Crippen molar-refractivity contribution in [1.82, 2.24) is 4.98 Å². The lowest BCUT2D eigenvalue weighted by Gasteiger charge is -2.21. The number of hydrogen-bond acceptors (Lipinski definition) is 4. The monoisotopic (exact) mass is 255 g/mol. The summed E-state index contributed by atoms with van der Waals surface area (Å²) in [5.41, 5.74) is 3.74. The van der Waals surface area contributed by atoms with Gasteiger partial charge in [0.15, 0.2) is 0 Å². The molecule has 0 unspecified atom stereocenters. The van der Waals surface area contributed by atoms with Gasteiger partial charge < -0.3 is 9.64 Å². The standard InChI is InChI=1S/C15H17N3O/c1-10-11(8-9-16)15(18(2)3)12-6-5-7-13(19-4)14(12)17-10/h5-7H,8H2,1-4H3. The summed E-state index contributed by atoms with van der Waals surface area (Å²) < 4.78 is 5.37. The van der Waals surface area contributed by atoms with Crippen LogP contribution in [0.25, 0.3) is 10.9 Å². The van der Waals surface area contributed by atoms with E-state index in [-0.39, 0.29) is 0 Å². The molecule has 19 heavy (non-hydrogen) atoms. The lowest BCUT2D eigenvalue weighted by atomic mass is 10.0. The molecule has 0 saturated heterocycles. The molecule has 1 aromatic carbocycles. The molecule has 4 heteroatoms. The number of benzene rings is 1. The molecule has 1 heterocycles. The summed E-state index contributed by atoms with van der Waals surface area (Å²) in [6.07, 6.45) is 0.361. The predicted octanol–water partition coefficient (Wildman–Crippen LogP) is 2.68. The van der Waals surface area contributed by atoms with Crippen LogP contribution in [0.15, 0.2) is 18.2 Å². The minimum Gasteiger partial charge on any atom is -0.494 e. The average molecular weight is 255 g/mol. The van der Waals surface area contributed by atoms with Gasteiger partial charge in [0, 0.05) is 30.7 Å². The number of rotatable bonds is 3. The van der Waals surface area contributed by atoms with Crippen molar-refractivity contribution in [2.75, 3.05) is 26.1 Å². The Balaban J connectivity index is 2.89. The van der Waals surface area contributed by atoms with E-state index in [1.165, 1.54) is 0 Å². The van der Waals surface area contributed by atoms with Gasteiger partial charge in [-0.2, -0.15) is 5.26 Å². The molecule has 1 aromatic heterocycles. The molecule has 0 spiro atoms. The number of para-hydroxylation sites is 1. The fourth-order valence-electron chi connectivity index (χ4n) is 2.36. The van der Waals surface area contributed by atoms with Crippen LogP contribution in [0.3, 0.4) is 0 Å². The Kier molecular flexibility index (Phi) is 3.57. The second kappa shape index (κ2) is 5.15. The van der Waals surface area contributed by atoms with E-state index in [1.54, 1.807) is 7.11 Å². The smallest absolute Gasteiger partial charge is 0.145 e. The lowest BCUT2D eigenvalue weighted by Crippen LogP contribution is -2.14. The average Bonchev–Trinajstić information content (AvgIpc) is 2.38. The molecule has 4 nitrogen and oxygen atoms in total. The number of hydrogen-bond donors (Lipinski definition) is 0. The van der Waals surface area contributed by atoms with Crippen LogP contribution in [0.5, 0.6) is 5.75 Å². The lowest BCUT2D eigenvalue weighted by molar-refractivity contribution is 0.419. The Morgan fingerprint density at radius 1 is 1.37 bits per heavy atom. The zero-order valence-electron chi connectivity index (χ0n) is 11.7. The molecule has 0 saturated carbocycles. The van der Waals surface area contributed by atoms with Crippen molar-refractivity contribution >= 4 is 16.6 Å². The van der Waals surface area contributed by atoms with Crippen LogP contribution >= 0.6 is 0 Å². The molecule has 0 aliphatic heterocycles. The maximum atomic E-state index is 9.00. The molecule has 0 bridgehead atoms. The van der Waals surface area contributed by atoms with E-state index in [2.05, 4.69) is 11.1 Å². The first-order chi connectivity index (χ1) is 9.10. The van der Waals surface area contributed by atoms with Crippen molar-refractivity contribution in [3.05, 3.63) is 29.5 Å². The summed E-state index contributed by atoms with van der Waals surface area (Å²) in [5.74, 6) is 0.757. The van der Waals surface area contributed by atoms with E-state index < -0.39 is 0 Å². The van der Waals surface area contributed by atoms with Gasteiger partial charge in [0.2, 0.25) is 0 Å².